The topological polar surface area (TPSA) is 74.2 Å². The monoisotopic (exact) mass is 350 g/mol. The minimum absolute atomic E-state index is 0.0586. The van der Waals surface area contributed by atoms with Crippen LogP contribution in [0.5, 0.6) is 0 Å². The number of aliphatic hydroxyl groups excluding tert-OH is 1. The number of carbonyl (C=O) groups is 1. The summed E-state index contributed by atoms with van der Waals surface area (Å²) in [6.45, 7) is 1.74. The van der Waals surface area contributed by atoms with Crippen LogP contribution in [-0.4, -0.2) is 37.3 Å². The molecule has 1 aliphatic carbocycles. The van der Waals surface area contributed by atoms with Crippen LogP contribution in [0.25, 0.3) is 10.9 Å². The van der Waals surface area contributed by atoms with Crippen LogP contribution in [0.2, 0.25) is 0 Å². The fraction of sp³-hybridized carbons (Fsp3) is 0.400. The largest absolute Gasteiger partial charge is 0.394 e. The van der Waals surface area contributed by atoms with E-state index in [0.717, 1.165) is 41.7 Å². The van der Waals surface area contributed by atoms with E-state index in [1.807, 2.05) is 21.8 Å². The van der Waals surface area contributed by atoms with Crippen molar-refractivity contribution in [2.24, 2.45) is 0 Å². The Morgan fingerprint density at radius 2 is 2.19 bits per heavy atom. The van der Waals surface area contributed by atoms with E-state index < -0.39 is 0 Å². The number of rotatable bonds is 3. The molecule has 1 aliphatic heterocycles. The number of hydrogen-bond donors (Lipinski definition) is 2. The Morgan fingerprint density at radius 1 is 1.31 bits per heavy atom. The molecule has 1 atom stereocenters. The highest BCUT2D eigenvalue weighted by Gasteiger charge is 2.35. The van der Waals surface area contributed by atoms with Crippen LogP contribution in [-0.2, 0) is 30.8 Å². The first-order valence-corrected chi connectivity index (χ1v) is 9.29. The molecule has 0 radical (unpaired) electrons. The molecule has 1 aromatic carbocycles. The molecule has 0 saturated heterocycles. The van der Waals surface area contributed by atoms with Gasteiger partial charge in [-0.3, -0.25) is 9.48 Å². The van der Waals surface area contributed by atoms with Crippen LogP contribution in [0.15, 0.2) is 30.5 Å². The molecular weight excluding hydrogens is 328 g/mol. The van der Waals surface area contributed by atoms with E-state index in [1.165, 1.54) is 10.9 Å². The predicted molar refractivity (Wildman–Crippen MR) is 97.5 cm³/mol. The number of carbonyl (C=O) groups excluding carboxylic acids is 1. The van der Waals surface area contributed by atoms with E-state index in [9.17, 15) is 9.90 Å². The fourth-order valence-electron chi connectivity index (χ4n) is 4.53. The number of benzene rings is 1. The lowest BCUT2D eigenvalue weighted by Crippen LogP contribution is -2.33. The van der Waals surface area contributed by atoms with Crippen molar-refractivity contribution in [3.05, 3.63) is 53.0 Å². The van der Waals surface area contributed by atoms with Gasteiger partial charge in [-0.05, 0) is 30.9 Å². The molecule has 0 bridgehead atoms. The third kappa shape index (κ3) is 2.29. The summed E-state index contributed by atoms with van der Waals surface area (Å²) in [7, 11) is 0. The summed E-state index contributed by atoms with van der Waals surface area (Å²) in [5.41, 5.74) is 5.70. The standard InChI is InChI=1S/C20H22N4O2/c25-9-8-24-18-12-23(11-13(18)10-21-24)20(26)16-6-3-5-15-14-4-1-2-7-17(14)22-19(15)16/h1-2,4,7,10,16,22,25H,3,5-6,8-9,11-12H2/t16-/m1/s1. The third-order valence-corrected chi connectivity index (χ3v) is 5.77. The lowest BCUT2D eigenvalue weighted by Gasteiger charge is -2.26. The first-order valence-electron chi connectivity index (χ1n) is 9.29. The van der Waals surface area contributed by atoms with Gasteiger partial charge in [0.1, 0.15) is 0 Å². The second-order valence-electron chi connectivity index (χ2n) is 7.27. The fourth-order valence-corrected chi connectivity index (χ4v) is 4.53. The number of para-hydroxylation sites is 1. The summed E-state index contributed by atoms with van der Waals surface area (Å²) in [5, 5.41) is 14.7. The smallest absolute Gasteiger partial charge is 0.232 e. The Labute approximate surface area is 151 Å². The number of aliphatic hydroxyl groups is 1. The zero-order valence-electron chi connectivity index (χ0n) is 14.6. The second-order valence-corrected chi connectivity index (χ2v) is 7.27. The number of amides is 1. The number of hydrogen-bond acceptors (Lipinski definition) is 3. The Morgan fingerprint density at radius 3 is 3.08 bits per heavy atom. The Kier molecular flexibility index (Phi) is 3.60. The van der Waals surface area contributed by atoms with Crippen LogP contribution in [0.4, 0.5) is 0 Å². The maximum atomic E-state index is 13.3. The molecule has 26 heavy (non-hydrogen) atoms. The van der Waals surface area contributed by atoms with Crippen LogP contribution in [0, 0.1) is 0 Å². The van der Waals surface area contributed by atoms with Gasteiger partial charge in [-0.15, -0.1) is 0 Å². The summed E-state index contributed by atoms with van der Waals surface area (Å²) in [6.07, 6.45) is 4.81. The molecule has 0 unspecified atom stereocenters. The van der Waals surface area contributed by atoms with Gasteiger partial charge in [0.2, 0.25) is 5.91 Å². The van der Waals surface area contributed by atoms with Gasteiger partial charge in [-0.1, -0.05) is 18.2 Å². The zero-order chi connectivity index (χ0) is 17.7. The molecule has 0 fully saturated rings. The van der Waals surface area contributed by atoms with E-state index in [2.05, 4.69) is 28.3 Å². The molecule has 0 spiro atoms. The lowest BCUT2D eigenvalue weighted by atomic mass is 9.86. The van der Waals surface area contributed by atoms with Crippen molar-refractivity contribution in [3.63, 3.8) is 0 Å². The van der Waals surface area contributed by atoms with Crippen LogP contribution >= 0.6 is 0 Å². The quantitative estimate of drug-likeness (QED) is 0.761. The number of aromatic amines is 1. The molecule has 134 valence electrons. The molecule has 2 aliphatic rings. The molecule has 0 saturated carbocycles. The van der Waals surface area contributed by atoms with E-state index in [1.54, 1.807) is 0 Å². The number of aryl methyl sites for hydroxylation is 1. The third-order valence-electron chi connectivity index (χ3n) is 5.77. The first-order chi connectivity index (χ1) is 12.8. The van der Waals surface area contributed by atoms with Gasteiger partial charge in [0.25, 0.3) is 0 Å². The average Bonchev–Trinajstić information content (AvgIpc) is 3.34. The van der Waals surface area contributed by atoms with Gasteiger partial charge >= 0.3 is 0 Å². The highest BCUT2D eigenvalue weighted by atomic mass is 16.3. The molecular formula is C20H22N4O2. The normalized spacial score (nSPS) is 19.0. The molecule has 2 N–H and O–H groups in total. The summed E-state index contributed by atoms with van der Waals surface area (Å²) in [5.74, 6) is 0.110. The minimum Gasteiger partial charge on any atom is -0.394 e. The highest BCUT2D eigenvalue weighted by molar-refractivity contribution is 5.90. The highest BCUT2D eigenvalue weighted by Crippen LogP contribution is 2.38. The molecule has 2 aromatic heterocycles. The maximum Gasteiger partial charge on any atom is 0.232 e. The Balaban J connectivity index is 1.44. The van der Waals surface area contributed by atoms with Crippen molar-refractivity contribution in [1.82, 2.24) is 19.7 Å². The van der Waals surface area contributed by atoms with Crippen LogP contribution in [0.1, 0.15) is 41.3 Å². The van der Waals surface area contributed by atoms with Gasteiger partial charge in [0.15, 0.2) is 0 Å². The van der Waals surface area contributed by atoms with E-state index >= 15 is 0 Å². The average molecular weight is 350 g/mol. The SMILES string of the molecule is O=C([C@@H]1CCCc2c1[nH]c1ccccc21)N1Cc2cnn(CCO)c2C1. The van der Waals surface area contributed by atoms with Crippen LogP contribution in [0.3, 0.4) is 0 Å². The van der Waals surface area contributed by atoms with Gasteiger partial charge in [0.05, 0.1) is 37.5 Å². The Bertz CT molecular complexity index is 987. The van der Waals surface area contributed by atoms with Crippen LogP contribution < -0.4 is 0 Å². The van der Waals surface area contributed by atoms with E-state index in [-0.39, 0.29) is 18.4 Å². The maximum absolute atomic E-state index is 13.3. The predicted octanol–water partition coefficient (Wildman–Crippen LogP) is 2.32. The number of fused-ring (bicyclic) bond motifs is 4. The van der Waals surface area contributed by atoms with E-state index in [4.69, 9.17) is 0 Å². The van der Waals surface area contributed by atoms with Gasteiger partial charge in [-0.2, -0.15) is 5.10 Å². The summed E-state index contributed by atoms with van der Waals surface area (Å²) < 4.78 is 1.82. The van der Waals surface area contributed by atoms with Crippen molar-refractivity contribution in [2.45, 2.75) is 44.8 Å². The molecule has 5 rings (SSSR count). The Hall–Kier alpha value is -2.60. The molecule has 6 nitrogen and oxygen atoms in total. The molecule has 1 amide bonds. The van der Waals surface area contributed by atoms with Gasteiger partial charge in [-0.25, -0.2) is 0 Å². The number of aromatic nitrogens is 3. The van der Waals surface area contributed by atoms with Gasteiger partial charge in [0, 0.05) is 28.7 Å². The summed E-state index contributed by atoms with van der Waals surface area (Å²) in [6, 6.07) is 8.33. The van der Waals surface area contributed by atoms with Crippen molar-refractivity contribution >= 4 is 16.8 Å². The number of nitrogens with one attached hydrogen (secondary N) is 1. The van der Waals surface area contributed by atoms with Crippen molar-refractivity contribution in [2.75, 3.05) is 6.61 Å². The van der Waals surface area contributed by atoms with Crippen molar-refractivity contribution in [3.8, 4) is 0 Å². The second kappa shape index (κ2) is 5.99. The van der Waals surface area contributed by atoms with Gasteiger partial charge < -0.3 is 15.0 Å². The summed E-state index contributed by atoms with van der Waals surface area (Å²) in [4.78, 5) is 18.8. The van der Waals surface area contributed by atoms with E-state index in [0.29, 0.717) is 19.6 Å². The zero-order valence-corrected chi connectivity index (χ0v) is 14.6. The molecule has 3 aromatic rings. The molecule has 6 heteroatoms. The van der Waals surface area contributed by atoms with Crippen molar-refractivity contribution in [1.29, 1.82) is 0 Å². The molecule has 3 heterocycles. The summed E-state index contributed by atoms with van der Waals surface area (Å²) >= 11 is 0. The number of nitrogens with zero attached hydrogens (tertiary/aromatic N) is 3. The lowest BCUT2D eigenvalue weighted by molar-refractivity contribution is -0.134. The van der Waals surface area contributed by atoms with Crippen molar-refractivity contribution < 1.29 is 9.90 Å². The first kappa shape index (κ1) is 15.6. The number of H-pyrrole nitrogens is 1. The minimum atomic E-state index is -0.0885.